The quantitative estimate of drug-likeness (QED) is 0.740. The molecule has 0 unspecified atom stereocenters. The fourth-order valence-corrected chi connectivity index (χ4v) is 4.08. The van der Waals surface area contributed by atoms with Crippen LogP contribution in [0.1, 0.15) is 27.4 Å². The lowest BCUT2D eigenvalue weighted by molar-refractivity contribution is -0.131. The number of para-hydroxylation sites is 1. The molecule has 1 aromatic carbocycles. The second-order valence-corrected chi connectivity index (χ2v) is 7.85. The highest BCUT2D eigenvalue weighted by Gasteiger charge is 2.23. The standard InChI is InChI=1S/C19H21ClN2O2S/c1-14-6-8-18(25-14)17(23)7-9-19(24)22-12-10-21(11-13-22)16-5-3-2-4-15(16)20/h2-6,8H,7,9-13H2,1H3. The minimum absolute atomic E-state index is 0.0560. The van der Waals surface area contributed by atoms with Gasteiger partial charge in [-0.1, -0.05) is 23.7 Å². The van der Waals surface area contributed by atoms with E-state index in [1.807, 2.05) is 48.2 Å². The SMILES string of the molecule is Cc1ccc(C(=O)CCC(=O)N2CCN(c3ccccc3Cl)CC2)s1. The molecule has 0 aliphatic carbocycles. The average molecular weight is 377 g/mol. The zero-order chi connectivity index (χ0) is 17.8. The molecule has 0 bridgehead atoms. The number of aryl methyl sites for hydroxylation is 1. The Balaban J connectivity index is 1.48. The minimum Gasteiger partial charge on any atom is -0.367 e. The summed E-state index contributed by atoms with van der Waals surface area (Å²) in [5.74, 6) is 0.113. The van der Waals surface area contributed by atoms with E-state index in [1.165, 1.54) is 11.3 Å². The van der Waals surface area contributed by atoms with Gasteiger partial charge in [-0.15, -0.1) is 11.3 Å². The Bertz CT molecular complexity index is 766. The van der Waals surface area contributed by atoms with Crippen molar-refractivity contribution in [3.63, 3.8) is 0 Å². The number of thiophene rings is 1. The van der Waals surface area contributed by atoms with Crippen molar-refractivity contribution in [1.29, 1.82) is 0 Å². The summed E-state index contributed by atoms with van der Waals surface area (Å²) in [4.78, 5) is 30.4. The molecule has 1 amide bonds. The number of carbonyl (C=O) groups excluding carboxylic acids is 2. The van der Waals surface area contributed by atoms with Gasteiger partial charge in [0, 0.05) is 43.9 Å². The van der Waals surface area contributed by atoms with Crippen molar-refractivity contribution in [2.45, 2.75) is 19.8 Å². The molecule has 0 atom stereocenters. The van der Waals surface area contributed by atoms with Crippen molar-refractivity contribution < 1.29 is 9.59 Å². The monoisotopic (exact) mass is 376 g/mol. The third-order valence-electron chi connectivity index (χ3n) is 4.41. The molecule has 1 saturated heterocycles. The fourth-order valence-electron chi connectivity index (χ4n) is 2.99. The summed E-state index contributed by atoms with van der Waals surface area (Å²) in [6, 6.07) is 11.5. The third-order valence-corrected chi connectivity index (χ3v) is 5.77. The first-order chi connectivity index (χ1) is 12.0. The van der Waals surface area contributed by atoms with E-state index in [-0.39, 0.29) is 24.5 Å². The molecule has 1 aliphatic rings. The van der Waals surface area contributed by atoms with Crippen molar-refractivity contribution in [3.8, 4) is 0 Å². The van der Waals surface area contributed by atoms with Gasteiger partial charge in [0.25, 0.3) is 0 Å². The van der Waals surface area contributed by atoms with Gasteiger partial charge >= 0.3 is 0 Å². The van der Waals surface area contributed by atoms with Crippen LogP contribution < -0.4 is 4.90 Å². The first kappa shape index (κ1) is 18.0. The summed E-state index contributed by atoms with van der Waals surface area (Å²) in [5.41, 5.74) is 1.01. The van der Waals surface area contributed by atoms with Crippen LogP contribution in [0.5, 0.6) is 0 Å². The molecule has 0 N–H and O–H groups in total. The zero-order valence-corrected chi connectivity index (χ0v) is 15.8. The van der Waals surface area contributed by atoms with Crippen molar-refractivity contribution in [2.75, 3.05) is 31.1 Å². The first-order valence-electron chi connectivity index (χ1n) is 8.41. The van der Waals surface area contributed by atoms with Crippen molar-refractivity contribution in [3.05, 3.63) is 51.2 Å². The number of amides is 1. The largest absolute Gasteiger partial charge is 0.367 e. The topological polar surface area (TPSA) is 40.6 Å². The smallest absolute Gasteiger partial charge is 0.223 e. The molecular weight excluding hydrogens is 356 g/mol. The second-order valence-electron chi connectivity index (χ2n) is 6.15. The van der Waals surface area contributed by atoms with Crippen LogP contribution in [0.15, 0.2) is 36.4 Å². The number of hydrogen-bond donors (Lipinski definition) is 0. The van der Waals surface area contributed by atoms with Gasteiger partial charge in [-0.05, 0) is 31.2 Å². The van der Waals surface area contributed by atoms with Crippen LogP contribution in [0.2, 0.25) is 5.02 Å². The van der Waals surface area contributed by atoms with Crippen LogP contribution >= 0.6 is 22.9 Å². The Labute approximate surface area is 157 Å². The summed E-state index contributed by atoms with van der Waals surface area (Å²) >= 11 is 7.73. The summed E-state index contributed by atoms with van der Waals surface area (Å²) in [6.45, 7) is 4.82. The van der Waals surface area contributed by atoms with E-state index in [0.29, 0.717) is 13.1 Å². The molecular formula is C19H21ClN2O2S. The van der Waals surface area contributed by atoms with Crippen LogP contribution in [0, 0.1) is 6.92 Å². The number of piperazine rings is 1. The van der Waals surface area contributed by atoms with E-state index < -0.39 is 0 Å². The molecule has 2 aromatic rings. The Morgan fingerprint density at radius 3 is 2.40 bits per heavy atom. The van der Waals surface area contributed by atoms with Gasteiger partial charge in [0.1, 0.15) is 0 Å². The van der Waals surface area contributed by atoms with Crippen molar-refractivity contribution in [1.82, 2.24) is 4.90 Å². The summed E-state index contributed by atoms with van der Waals surface area (Å²) in [6.07, 6.45) is 0.561. The molecule has 0 spiro atoms. The van der Waals surface area contributed by atoms with E-state index in [4.69, 9.17) is 11.6 Å². The van der Waals surface area contributed by atoms with Gasteiger partial charge in [0.2, 0.25) is 5.91 Å². The minimum atomic E-state index is 0.0560. The Morgan fingerprint density at radius 2 is 1.76 bits per heavy atom. The third kappa shape index (κ3) is 4.41. The molecule has 6 heteroatoms. The molecule has 2 heterocycles. The van der Waals surface area contributed by atoms with Gasteiger partial charge in [-0.2, -0.15) is 0 Å². The fraction of sp³-hybridized carbons (Fsp3) is 0.368. The van der Waals surface area contributed by atoms with Gasteiger partial charge in [0.05, 0.1) is 15.6 Å². The summed E-state index contributed by atoms with van der Waals surface area (Å²) in [7, 11) is 0. The number of carbonyl (C=O) groups is 2. The van der Waals surface area contributed by atoms with Crippen LogP contribution in [0.4, 0.5) is 5.69 Å². The Morgan fingerprint density at radius 1 is 1.04 bits per heavy atom. The second kappa shape index (κ2) is 8.02. The maximum Gasteiger partial charge on any atom is 0.223 e. The van der Waals surface area contributed by atoms with Crippen LogP contribution in [-0.2, 0) is 4.79 Å². The number of nitrogens with zero attached hydrogens (tertiary/aromatic N) is 2. The number of ketones is 1. The number of benzene rings is 1. The van der Waals surface area contributed by atoms with E-state index >= 15 is 0 Å². The van der Waals surface area contributed by atoms with Gasteiger partial charge in [-0.3, -0.25) is 9.59 Å². The lowest BCUT2D eigenvalue weighted by Gasteiger charge is -2.36. The lowest BCUT2D eigenvalue weighted by Crippen LogP contribution is -2.48. The van der Waals surface area contributed by atoms with E-state index in [1.54, 1.807) is 0 Å². The van der Waals surface area contributed by atoms with Crippen LogP contribution in [0.3, 0.4) is 0 Å². The number of anilines is 1. The van der Waals surface area contributed by atoms with Crippen LogP contribution in [0.25, 0.3) is 0 Å². The molecule has 25 heavy (non-hydrogen) atoms. The predicted molar refractivity (Wildman–Crippen MR) is 103 cm³/mol. The highest BCUT2D eigenvalue weighted by molar-refractivity contribution is 7.14. The molecule has 132 valence electrons. The molecule has 3 rings (SSSR count). The highest BCUT2D eigenvalue weighted by Crippen LogP contribution is 2.26. The Hall–Kier alpha value is -1.85. The molecule has 1 fully saturated rings. The summed E-state index contributed by atoms with van der Waals surface area (Å²) in [5, 5.41) is 0.735. The normalized spacial score (nSPS) is 14.6. The molecule has 1 aromatic heterocycles. The molecule has 4 nitrogen and oxygen atoms in total. The number of hydrogen-bond acceptors (Lipinski definition) is 4. The first-order valence-corrected chi connectivity index (χ1v) is 9.61. The number of Topliss-reactive ketones (excluding diaryl/α,β-unsaturated/α-hetero) is 1. The van der Waals surface area contributed by atoms with Crippen molar-refractivity contribution >= 4 is 40.3 Å². The molecule has 1 aliphatic heterocycles. The summed E-state index contributed by atoms with van der Waals surface area (Å²) < 4.78 is 0. The molecule has 0 saturated carbocycles. The Kier molecular flexibility index (Phi) is 5.76. The van der Waals surface area contributed by atoms with E-state index in [9.17, 15) is 9.59 Å². The van der Waals surface area contributed by atoms with Gasteiger partial charge in [-0.25, -0.2) is 0 Å². The van der Waals surface area contributed by atoms with Crippen molar-refractivity contribution in [2.24, 2.45) is 0 Å². The van der Waals surface area contributed by atoms with E-state index in [0.717, 1.165) is 33.6 Å². The lowest BCUT2D eigenvalue weighted by atomic mass is 10.1. The van der Waals surface area contributed by atoms with Crippen LogP contribution in [-0.4, -0.2) is 42.8 Å². The average Bonchev–Trinajstić information content (AvgIpc) is 3.06. The highest BCUT2D eigenvalue weighted by atomic mass is 35.5. The van der Waals surface area contributed by atoms with Gasteiger partial charge in [0.15, 0.2) is 5.78 Å². The van der Waals surface area contributed by atoms with E-state index in [2.05, 4.69) is 4.90 Å². The maximum absolute atomic E-state index is 12.4. The van der Waals surface area contributed by atoms with Gasteiger partial charge < -0.3 is 9.80 Å². The molecule has 0 radical (unpaired) electrons. The number of rotatable bonds is 5. The maximum atomic E-state index is 12.4. The zero-order valence-electron chi connectivity index (χ0n) is 14.2. The predicted octanol–water partition coefficient (Wildman–Crippen LogP) is 4.02. The number of halogens is 1.